The lowest BCUT2D eigenvalue weighted by atomic mass is 9.86. The van der Waals surface area contributed by atoms with Gasteiger partial charge in [0.1, 0.15) is 6.61 Å². The minimum absolute atomic E-state index is 0.0831. The number of hydrogen-bond donors (Lipinski definition) is 2. The first kappa shape index (κ1) is 26.2. The topological polar surface area (TPSA) is 117 Å². The van der Waals surface area contributed by atoms with Crippen molar-refractivity contribution in [2.24, 2.45) is 0 Å². The molecule has 6 heterocycles. The molecule has 10 nitrogen and oxygen atoms in total. The van der Waals surface area contributed by atoms with Crippen molar-refractivity contribution in [3.8, 4) is 11.4 Å². The Morgan fingerprint density at radius 3 is 2.63 bits per heavy atom. The number of rotatable bonds is 3. The Labute approximate surface area is 237 Å². The molecule has 2 N–H and O–H groups in total. The van der Waals surface area contributed by atoms with Gasteiger partial charge in [0.05, 0.1) is 29.0 Å². The molecule has 41 heavy (non-hydrogen) atoms. The van der Waals surface area contributed by atoms with Crippen molar-refractivity contribution < 1.29 is 19.4 Å². The highest BCUT2D eigenvalue weighted by atomic mass is 16.6. The maximum absolute atomic E-state index is 13.4. The molecule has 214 valence electrons. The third kappa shape index (κ3) is 4.31. The predicted molar refractivity (Wildman–Crippen MR) is 154 cm³/mol. The van der Waals surface area contributed by atoms with Crippen LogP contribution in [0.1, 0.15) is 62.1 Å². The SMILES string of the molecule is CCC1(O)C(=O)OCc2c1cc1n(c2=O)Cc2cc3cc(NC(=O)N4CCC(N5CCCCC5)CC4)ccc3nc2-1. The van der Waals surface area contributed by atoms with Crippen LogP contribution in [0.25, 0.3) is 22.3 Å². The van der Waals surface area contributed by atoms with Gasteiger partial charge in [0.25, 0.3) is 5.56 Å². The molecule has 7 rings (SSSR count). The third-order valence-corrected chi connectivity index (χ3v) is 9.42. The second-order valence-electron chi connectivity index (χ2n) is 11.8. The molecule has 1 aromatic carbocycles. The van der Waals surface area contributed by atoms with E-state index in [0.717, 1.165) is 42.4 Å². The van der Waals surface area contributed by atoms with Gasteiger partial charge < -0.3 is 29.5 Å². The number of benzene rings is 1. The van der Waals surface area contributed by atoms with Crippen molar-refractivity contribution in [1.82, 2.24) is 19.4 Å². The third-order valence-electron chi connectivity index (χ3n) is 9.42. The van der Waals surface area contributed by atoms with E-state index in [0.29, 0.717) is 40.8 Å². The lowest BCUT2D eigenvalue weighted by Gasteiger charge is -2.40. The summed E-state index contributed by atoms with van der Waals surface area (Å²) in [4.78, 5) is 48.2. The summed E-state index contributed by atoms with van der Waals surface area (Å²) < 4.78 is 6.78. The van der Waals surface area contributed by atoms with Gasteiger partial charge in [-0.2, -0.15) is 0 Å². The number of nitrogens with zero attached hydrogens (tertiary/aromatic N) is 4. The highest BCUT2D eigenvalue weighted by molar-refractivity contribution is 5.94. The van der Waals surface area contributed by atoms with Gasteiger partial charge in [0, 0.05) is 41.3 Å². The van der Waals surface area contributed by atoms with Crippen LogP contribution >= 0.6 is 0 Å². The van der Waals surface area contributed by atoms with E-state index in [9.17, 15) is 19.5 Å². The van der Waals surface area contributed by atoms with Crippen LogP contribution in [-0.2, 0) is 28.3 Å². The van der Waals surface area contributed by atoms with E-state index in [1.54, 1.807) is 17.6 Å². The van der Waals surface area contributed by atoms with Gasteiger partial charge in [-0.05, 0) is 75.5 Å². The molecule has 2 fully saturated rings. The van der Waals surface area contributed by atoms with Gasteiger partial charge in [0.2, 0.25) is 0 Å². The van der Waals surface area contributed by atoms with Crippen molar-refractivity contribution in [1.29, 1.82) is 0 Å². The summed E-state index contributed by atoms with van der Waals surface area (Å²) in [7, 11) is 0. The molecular weight excluding hydrogens is 522 g/mol. The number of aromatic nitrogens is 2. The molecule has 0 saturated carbocycles. The van der Waals surface area contributed by atoms with Gasteiger partial charge >= 0.3 is 12.0 Å². The summed E-state index contributed by atoms with van der Waals surface area (Å²) in [5, 5.41) is 15.0. The molecule has 0 spiro atoms. The maximum Gasteiger partial charge on any atom is 0.343 e. The Bertz CT molecular complexity index is 1620. The van der Waals surface area contributed by atoms with Crippen LogP contribution in [0.4, 0.5) is 10.5 Å². The normalized spacial score (nSPS) is 22.7. The zero-order valence-corrected chi connectivity index (χ0v) is 23.3. The molecule has 1 atom stereocenters. The van der Waals surface area contributed by atoms with Crippen molar-refractivity contribution >= 4 is 28.6 Å². The van der Waals surface area contributed by atoms with Crippen molar-refractivity contribution in [3.05, 3.63) is 57.4 Å². The molecule has 4 aliphatic rings. The Kier molecular flexibility index (Phi) is 6.35. The number of carbonyl (C=O) groups excluding carboxylic acids is 2. The summed E-state index contributed by atoms with van der Waals surface area (Å²) in [6.07, 6.45) is 6.02. The zero-order chi connectivity index (χ0) is 28.3. The van der Waals surface area contributed by atoms with Gasteiger partial charge in [-0.25, -0.2) is 14.6 Å². The van der Waals surface area contributed by atoms with Crippen LogP contribution in [-0.4, -0.2) is 68.7 Å². The molecular formula is C31H35N5O5. The van der Waals surface area contributed by atoms with E-state index >= 15 is 0 Å². The molecule has 4 aliphatic heterocycles. The van der Waals surface area contributed by atoms with Crippen molar-refractivity contribution in [2.75, 3.05) is 31.5 Å². The number of carbonyl (C=O) groups is 2. The first-order chi connectivity index (χ1) is 19.9. The molecule has 10 heteroatoms. The number of esters is 1. The minimum atomic E-state index is -1.85. The number of cyclic esters (lactones) is 1. The summed E-state index contributed by atoms with van der Waals surface area (Å²) in [5.41, 5.74) is 2.02. The second-order valence-corrected chi connectivity index (χ2v) is 11.8. The van der Waals surface area contributed by atoms with Crippen molar-refractivity contribution in [3.63, 3.8) is 0 Å². The fraction of sp³-hybridized carbons (Fsp3) is 0.484. The average molecular weight is 558 g/mol. The molecule has 0 radical (unpaired) electrons. The molecule has 2 aromatic heterocycles. The fourth-order valence-corrected chi connectivity index (χ4v) is 6.98. The molecule has 1 unspecified atom stereocenters. The predicted octanol–water partition coefficient (Wildman–Crippen LogP) is 3.56. The van der Waals surface area contributed by atoms with E-state index in [1.165, 1.54) is 32.4 Å². The van der Waals surface area contributed by atoms with Crippen molar-refractivity contribution in [2.45, 2.75) is 70.2 Å². The van der Waals surface area contributed by atoms with E-state index in [4.69, 9.17) is 9.72 Å². The molecule has 2 saturated heterocycles. The highest BCUT2D eigenvalue weighted by Gasteiger charge is 2.45. The van der Waals surface area contributed by atoms with Gasteiger partial charge in [0.15, 0.2) is 5.60 Å². The number of urea groups is 1. The molecule has 3 aromatic rings. The average Bonchev–Trinajstić information content (AvgIpc) is 3.36. The zero-order valence-electron chi connectivity index (χ0n) is 23.3. The summed E-state index contributed by atoms with van der Waals surface area (Å²) in [6, 6.07) is 9.85. The maximum atomic E-state index is 13.4. The number of pyridine rings is 2. The summed E-state index contributed by atoms with van der Waals surface area (Å²) >= 11 is 0. The number of aliphatic hydroxyl groups is 1. The summed E-state index contributed by atoms with van der Waals surface area (Å²) in [5.74, 6) is -0.734. The second kappa shape index (κ2) is 9.95. The standard InChI is InChI=1S/C31H35N5O5/c1-2-31(40)24-16-26-27-20(17-36(26)28(37)23(24)18-41-29(31)38)14-19-15-21(6-7-25(19)33-27)32-30(39)35-12-8-22(9-13-35)34-10-4-3-5-11-34/h6-7,14-16,22,40H,2-5,8-13,17-18H2,1H3,(H,32,39). The van der Waals surface area contributed by atoms with E-state index < -0.39 is 11.6 Å². The van der Waals surface area contributed by atoms with Gasteiger partial charge in [-0.1, -0.05) is 13.3 Å². The number of hydrogen-bond acceptors (Lipinski definition) is 7. The highest BCUT2D eigenvalue weighted by Crippen LogP contribution is 2.38. The molecule has 0 aliphatic carbocycles. The minimum Gasteiger partial charge on any atom is -0.458 e. The quantitative estimate of drug-likeness (QED) is 0.370. The van der Waals surface area contributed by atoms with Crippen LogP contribution in [0.3, 0.4) is 0 Å². The first-order valence-corrected chi connectivity index (χ1v) is 14.8. The van der Waals surface area contributed by atoms with Crippen LogP contribution in [0.15, 0.2) is 35.1 Å². The monoisotopic (exact) mass is 557 g/mol. The van der Waals surface area contributed by atoms with E-state index in [1.807, 2.05) is 29.2 Å². The molecule has 0 bridgehead atoms. The fourth-order valence-electron chi connectivity index (χ4n) is 6.98. The lowest BCUT2D eigenvalue weighted by molar-refractivity contribution is -0.172. The number of fused-ring (bicyclic) bond motifs is 5. The Hall–Kier alpha value is -3.76. The Balaban J connectivity index is 1.11. The Morgan fingerprint density at radius 1 is 1.10 bits per heavy atom. The van der Waals surface area contributed by atoms with Crippen LogP contribution in [0, 0.1) is 0 Å². The van der Waals surface area contributed by atoms with Gasteiger partial charge in [-0.3, -0.25) is 4.79 Å². The number of amides is 2. The summed E-state index contributed by atoms with van der Waals surface area (Å²) in [6.45, 7) is 5.76. The Morgan fingerprint density at radius 2 is 1.88 bits per heavy atom. The number of anilines is 1. The van der Waals surface area contributed by atoms with Crippen LogP contribution in [0.2, 0.25) is 0 Å². The smallest absolute Gasteiger partial charge is 0.343 e. The number of ether oxygens (including phenoxy) is 1. The van der Waals surface area contributed by atoms with Gasteiger partial charge in [-0.15, -0.1) is 0 Å². The van der Waals surface area contributed by atoms with Crippen LogP contribution < -0.4 is 10.9 Å². The first-order valence-electron chi connectivity index (χ1n) is 14.8. The number of piperidine rings is 2. The van der Waals surface area contributed by atoms with Crippen LogP contribution in [0.5, 0.6) is 0 Å². The van der Waals surface area contributed by atoms with E-state index in [-0.39, 0.29) is 24.6 Å². The van der Waals surface area contributed by atoms with E-state index in [2.05, 4.69) is 10.2 Å². The number of nitrogens with one attached hydrogen (secondary N) is 1. The molecule has 2 amide bonds. The largest absolute Gasteiger partial charge is 0.458 e. The lowest BCUT2D eigenvalue weighted by Crippen LogP contribution is -2.49. The number of likely N-dealkylation sites (tertiary alicyclic amines) is 2.